The van der Waals surface area contributed by atoms with Crippen molar-refractivity contribution in [1.29, 1.82) is 0 Å². The van der Waals surface area contributed by atoms with Crippen molar-refractivity contribution in [3.05, 3.63) is 63.3 Å². The van der Waals surface area contributed by atoms with Gasteiger partial charge >= 0.3 is 0 Å². The molecule has 1 heterocycles. The number of hydrogen-bond acceptors (Lipinski definition) is 4. The highest BCUT2D eigenvalue weighted by Crippen LogP contribution is 2.47. The number of sulfonamides is 1. The Hall–Kier alpha value is -2.13. The van der Waals surface area contributed by atoms with E-state index < -0.39 is 20.6 Å². The van der Waals surface area contributed by atoms with Gasteiger partial charge in [0.25, 0.3) is 5.56 Å². The summed E-state index contributed by atoms with van der Waals surface area (Å²) >= 11 is 3.19. The van der Waals surface area contributed by atoms with Crippen molar-refractivity contribution in [2.45, 2.75) is 30.9 Å². The fourth-order valence-electron chi connectivity index (χ4n) is 3.09. The standard InChI is InChI=1S/C19H21BrFN3O3S/c1-4-7-19(8-9-19)28(26,27)23-16-11-24(3)18(25)12(2)17(16)22-15-6-5-13(20)10-14(15)21/h4-6,10-11,22-23H,1,7-9H2,2-3H3. The fraction of sp³-hybridized carbons (Fsp3) is 0.316. The normalized spacial score (nSPS) is 15.1. The highest BCUT2D eigenvalue weighted by Gasteiger charge is 2.53. The maximum absolute atomic E-state index is 14.3. The second kappa shape index (κ2) is 7.36. The van der Waals surface area contributed by atoms with Crippen LogP contribution in [0.5, 0.6) is 0 Å². The molecule has 2 aromatic rings. The van der Waals surface area contributed by atoms with E-state index in [1.54, 1.807) is 19.1 Å². The third-order valence-electron chi connectivity index (χ3n) is 4.94. The van der Waals surface area contributed by atoms with Gasteiger partial charge in [-0.1, -0.05) is 22.0 Å². The molecule has 0 bridgehead atoms. The smallest absolute Gasteiger partial charge is 0.255 e. The van der Waals surface area contributed by atoms with Gasteiger partial charge in [0.05, 0.1) is 21.8 Å². The Labute approximate surface area is 171 Å². The summed E-state index contributed by atoms with van der Waals surface area (Å²) in [6.07, 6.45) is 4.42. The Balaban J connectivity index is 2.06. The van der Waals surface area contributed by atoms with Crippen LogP contribution in [0.1, 0.15) is 24.8 Å². The van der Waals surface area contributed by atoms with Crippen molar-refractivity contribution < 1.29 is 12.8 Å². The van der Waals surface area contributed by atoms with E-state index in [-0.39, 0.29) is 28.2 Å². The molecule has 3 rings (SSSR count). The van der Waals surface area contributed by atoms with Crippen LogP contribution in [0.2, 0.25) is 0 Å². The quantitative estimate of drug-likeness (QED) is 0.595. The maximum Gasteiger partial charge on any atom is 0.255 e. The third kappa shape index (κ3) is 3.73. The molecule has 9 heteroatoms. The van der Waals surface area contributed by atoms with Crippen molar-refractivity contribution >= 4 is 43.0 Å². The van der Waals surface area contributed by atoms with E-state index in [4.69, 9.17) is 0 Å². The van der Waals surface area contributed by atoms with Crippen LogP contribution in [-0.2, 0) is 17.1 Å². The molecule has 1 aromatic carbocycles. The first-order valence-electron chi connectivity index (χ1n) is 8.66. The lowest BCUT2D eigenvalue weighted by Gasteiger charge is -2.21. The zero-order valence-electron chi connectivity index (χ0n) is 15.6. The predicted octanol–water partition coefficient (Wildman–Crippen LogP) is 4.19. The van der Waals surface area contributed by atoms with Gasteiger partial charge < -0.3 is 9.88 Å². The number of pyridine rings is 1. The minimum Gasteiger partial charge on any atom is -0.351 e. The SMILES string of the molecule is C=CCC1(S(=O)(=O)Nc2cn(C)c(=O)c(C)c2Nc2ccc(Br)cc2F)CC1. The number of aromatic nitrogens is 1. The Morgan fingerprint density at radius 2 is 2.04 bits per heavy atom. The van der Waals surface area contributed by atoms with Crippen LogP contribution in [0.3, 0.4) is 0 Å². The van der Waals surface area contributed by atoms with Crippen molar-refractivity contribution in [3.63, 3.8) is 0 Å². The molecule has 1 aliphatic rings. The Kier molecular flexibility index (Phi) is 5.42. The highest BCUT2D eigenvalue weighted by atomic mass is 79.9. The monoisotopic (exact) mass is 469 g/mol. The third-order valence-corrected chi connectivity index (χ3v) is 7.63. The van der Waals surface area contributed by atoms with E-state index in [0.717, 1.165) is 0 Å². The molecule has 0 amide bonds. The van der Waals surface area contributed by atoms with Gasteiger partial charge in [0.15, 0.2) is 0 Å². The molecule has 0 unspecified atom stereocenters. The Bertz CT molecular complexity index is 1110. The Morgan fingerprint density at radius 1 is 1.36 bits per heavy atom. The number of benzene rings is 1. The van der Waals surface area contributed by atoms with Crippen LogP contribution in [0.4, 0.5) is 21.5 Å². The van der Waals surface area contributed by atoms with Crippen molar-refractivity contribution in [1.82, 2.24) is 4.57 Å². The van der Waals surface area contributed by atoms with Crippen molar-refractivity contribution in [2.24, 2.45) is 7.05 Å². The lowest BCUT2D eigenvalue weighted by Crippen LogP contribution is -2.31. The molecule has 6 nitrogen and oxygen atoms in total. The van der Waals surface area contributed by atoms with E-state index in [1.807, 2.05) is 0 Å². The summed E-state index contributed by atoms with van der Waals surface area (Å²) in [5.41, 5.74) is 0.514. The second-order valence-electron chi connectivity index (χ2n) is 6.99. The summed E-state index contributed by atoms with van der Waals surface area (Å²) in [5.74, 6) is -0.534. The number of allylic oxidation sites excluding steroid dienone is 1. The number of nitrogens with zero attached hydrogens (tertiary/aromatic N) is 1. The van der Waals surface area contributed by atoms with Crippen LogP contribution in [0, 0.1) is 12.7 Å². The first-order chi connectivity index (χ1) is 13.1. The van der Waals surface area contributed by atoms with Gasteiger partial charge in [0.2, 0.25) is 10.0 Å². The fourth-order valence-corrected chi connectivity index (χ4v) is 5.06. The van der Waals surface area contributed by atoms with Gasteiger partial charge in [-0.2, -0.15) is 0 Å². The summed E-state index contributed by atoms with van der Waals surface area (Å²) in [6.45, 7) is 5.21. The molecular weight excluding hydrogens is 449 g/mol. The largest absolute Gasteiger partial charge is 0.351 e. The maximum atomic E-state index is 14.3. The summed E-state index contributed by atoms with van der Waals surface area (Å²) in [4.78, 5) is 12.4. The van der Waals surface area contributed by atoms with E-state index in [9.17, 15) is 17.6 Å². The lowest BCUT2D eigenvalue weighted by atomic mass is 10.2. The molecule has 0 radical (unpaired) electrons. The van der Waals surface area contributed by atoms with E-state index in [2.05, 4.69) is 32.5 Å². The van der Waals surface area contributed by atoms with Crippen LogP contribution < -0.4 is 15.6 Å². The van der Waals surface area contributed by atoms with Crippen LogP contribution in [0.15, 0.2) is 46.3 Å². The van der Waals surface area contributed by atoms with Gasteiger partial charge in [0, 0.05) is 23.3 Å². The number of halogens is 2. The second-order valence-corrected chi connectivity index (χ2v) is 9.98. The summed E-state index contributed by atoms with van der Waals surface area (Å²) in [7, 11) is -2.18. The molecule has 0 aliphatic heterocycles. The highest BCUT2D eigenvalue weighted by molar-refractivity contribution is 9.10. The average molecular weight is 470 g/mol. The minimum atomic E-state index is -3.72. The van der Waals surface area contributed by atoms with Crippen LogP contribution in [-0.4, -0.2) is 17.7 Å². The van der Waals surface area contributed by atoms with Gasteiger partial charge in [-0.3, -0.25) is 9.52 Å². The zero-order valence-corrected chi connectivity index (χ0v) is 18.0. The molecule has 28 heavy (non-hydrogen) atoms. The number of rotatable bonds is 7. The molecule has 0 saturated heterocycles. The van der Waals surface area contributed by atoms with Gasteiger partial charge in [0.1, 0.15) is 5.82 Å². The molecule has 1 aliphatic carbocycles. The first-order valence-corrected chi connectivity index (χ1v) is 10.9. The molecular formula is C19H21BrFN3O3S. The topological polar surface area (TPSA) is 80.2 Å². The van der Waals surface area contributed by atoms with Crippen LogP contribution >= 0.6 is 15.9 Å². The predicted molar refractivity (Wildman–Crippen MR) is 113 cm³/mol. The van der Waals surface area contributed by atoms with Gasteiger partial charge in [-0.15, -0.1) is 6.58 Å². The molecule has 1 saturated carbocycles. The lowest BCUT2D eigenvalue weighted by molar-refractivity contribution is 0.582. The van der Waals surface area contributed by atoms with E-state index in [0.29, 0.717) is 23.7 Å². The molecule has 2 N–H and O–H groups in total. The molecule has 0 atom stereocenters. The van der Waals surface area contributed by atoms with Crippen LogP contribution in [0.25, 0.3) is 0 Å². The number of anilines is 3. The zero-order chi connectivity index (χ0) is 20.7. The van der Waals surface area contributed by atoms with E-state index in [1.165, 1.54) is 29.9 Å². The van der Waals surface area contributed by atoms with Gasteiger partial charge in [-0.05, 0) is 44.4 Å². The number of hydrogen-bond donors (Lipinski definition) is 2. The molecule has 0 spiro atoms. The summed E-state index contributed by atoms with van der Waals surface area (Å²) < 4.78 is 43.8. The van der Waals surface area contributed by atoms with Crippen molar-refractivity contribution in [3.8, 4) is 0 Å². The molecule has 1 fully saturated rings. The minimum absolute atomic E-state index is 0.132. The van der Waals surface area contributed by atoms with Crippen molar-refractivity contribution in [2.75, 3.05) is 10.0 Å². The molecule has 150 valence electrons. The summed E-state index contributed by atoms with van der Waals surface area (Å²) in [5, 5.41) is 2.87. The average Bonchev–Trinajstić information content (AvgIpc) is 3.40. The summed E-state index contributed by atoms with van der Waals surface area (Å²) in [6, 6.07) is 4.44. The van der Waals surface area contributed by atoms with E-state index >= 15 is 0 Å². The number of nitrogens with one attached hydrogen (secondary N) is 2. The Morgan fingerprint density at radius 3 is 2.61 bits per heavy atom. The number of aryl methyl sites for hydroxylation is 1. The first kappa shape index (κ1) is 20.6. The molecule has 1 aromatic heterocycles. The van der Waals surface area contributed by atoms with Gasteiger partial charge in [-0.25, -0.2) is 12.8 Å².